The first-order valence-corrected chi connectivity index (χ1v) is 8.96. The van der Waals surface area contributed by atoms with Crippen LogP contribution in [0, 0.1) is 12.8 Å². The highest BCUT2D eigenvalue weighted by Gasteiger charge is 2.30. The molecular weight excluding hydrogens is 346 g/mol. The SMILES string of the molecule is Cc1nn(C)c2ncc(NC(=O)[C@H]3CCCN(C(=O)c4ccco4)C3)cc12. The number of pyridine rings is 1. The number of nitrogens with one attached hydrogen (secondary N) is 1. The largest absolute Gasteiger partial charge is 0.459 e. The third kappa shape index (κ3) is 3.30. The van der Waals surface area contributed by atoms with Crippen molar-refractivity contribution in [2.75, 3.05) is 18.4 Å². The standard InChI is InChI=1S/C19H21N5O3/c1-12-15-9-14(10-20-17(15)23(2)22-12)21-18(25)13-5-3-7-24(11-13)19(26)16-6-4-8-27-16/h4,6,8-10,13H,3,5,7,11H2,1-2H3,(H,21,25)/t13-/m0/s1. The molecule has 3 aromatic rings. The van der Waals surface area contributed by atoms with E-state index in [1.807, 2.05) is 20.0 Å². The van der Waals surface area contributed by atoms with Gasteiger partial charge < -0.3 is 14.6 Å². The van der Waals surface area contributed by atoms with Crippen LogP contribution in [0.25, 0.3) is 11.0 Å². The zero-order valence-corrected chi connectivity index (χ0v) is 15.3. The molecule has 0 unspecified atom stereocenters. The summed E-state index contributed by atoms with van der Waals surface area (Å²) in [6.07, 6.45) is 4.64. The molecule has 0 spiro atoms. The zero-order valence-electron chi connectivity index (χ0n) is 15.3. The van der Waals surface area contributed by atoms with Crippen LogP contribution in [-0.2, 0) is 11.8 Å². The van der Waals surface area contributed by atoms with Crippen molar-refractivity contribution in [1.29, 1.82) is 0 Å². The summed E-state index contributed by atoms with van der Waals surface area (Å²) in [7, 11) is 1.84. The fourth-order valence-corrected chi connectivity index (χ4v) is 3.55. The van der Waals surface area contributed by atoms with Gasteiger partial charge in [0.1, 0.15) is 0 Å². The molecule has 8 nitrogen and oxygen atoms in total. The Morgan fingerprint density at radius 1 is 1.37 bits per heavy atom. The van der Waals surface area contributed by atoms with Gasteiger partial charge in [-0.25, -0.2) is 4.98 Å². The lowest BCUT2D eigenvalue weighted by Crippen LogP contribution is -2.43. The Balaban J connectivity index is 1.46. The molecule has 4 rings (SSSR count). The van der Waals surface area contributed by atoms with Crippen LogP contribution < -0.4 is 5.32 Å². The number of hydrogen-bond donors (Lipinski definition) is 1. The van der Waals surface area contributed by atoms with Gasteiger partial charge in [0, 0.05) is 25.5 Å². The van der Waals surface area contributed by atoms with E-state index >= 15 is 0 Å². The van der Waals surface area contributed by atoms with Gasteiger partial charge in [-0.3, -0.25) is 14.3 Å². The van der Waals surface area contributed by atoms with E-state index in [0.29, 0.717) is 24.5 Å². The summed E-state index contributed by atoms with van der Waals surface area (Å²) in [5.74, 6) is -0.234. The van der Waals surface area contributed by atoms with E-state index < -0.39 is 0 Å². The molecule has 1 fully saturated rings. The first kappa shape index (κ1) is 17.3. The minimum absolute atomic E-state index is 0.102. The minimum Gasteiger partial charge on any atom is -0.459 e. The molecule has 1 aliphatic heterocycles. The molecule has 2 amide bonds. The number of likely N-dealkylation sites (tertiary alicyclic amines) is 1. The van der Waals surface area contributed by atoms with Crippen molar-refractivity contribution in [2.45, 2.75) is 19.8 Å². The van der Waals surface area contributed by atoms with Gasteiger partial charge in [0.05, 0.1) is 29.8 Å². The third-order valence-electron chi connectivity index (χ3n) is 4.94. The van der Waals surface area contributed by atoms with Crippen molar-refractivity contribution in [1.82, 2.24) is 19.7 Å². The number of nitrogens with zero attached hydrogens (tertiary/aromatic N) is 4. The normalized spacial score (nSPS) is 17.3. The number of anilines is 1. The maximum absolute atomic E-state index is 12.7. The topological polar surface area (TPSA) is 93.3 Å². The van der Waals surface area contributed by atoms with Gasteiger partial charge in [0.15, 0.2) is 11.4 Å². The molecule has 1 saturated heterocycles. The lowest BCUT2D eigenvalue weighted by molar-refractivity contribution is -0.121. The van der Waals surface area contributed by atoms with Crippen LogP contribution in [0.3, 0.4) is 0 Å². The predicted octanol–water partition coefficient (Wildman–Crippen LogP) is 2.36. The Bertz CT molecular complexity index is 992. The van der Waals surface area contributed by atoms with Crippen LogP contribution in [0.15, 0.2) is 35.1 Å². The second-order valence-corrected chi connectivity index (χ2v) is 6.86. The monoisotopic (exact) mass is 367 g/mol. The molecule has 1 aliphatic rings. The molecule has 1 N–H and O–H groups in total. The van der Waals surface area contributed by atoms with Crippen molar-refractivity contribution in [3.05, 3.63) is 42.1 Å². The first-order valence-electron chi connectivity index (χ1n) is 8.96. The van der Waals surface area contributed by atoms with E-state index in [4.69, 9.17) is 4.42 Å². The van der Waals surface area contributed by atoms with Gasteiger partial charge in [-0.2, -0.15) is 5.10 Å². The van der Waals surface area contributed by atoms with Gasteiger partial charge in [-0.1, -0.05) is 0 Å². The molecule has 0 aromatic carbocycles. The molecule has 140 valence electrons. The third-order valence-corrected chi connectivity index (χ3v) is 4.94. The number of carbonyl (C=O) groups is 2. The Kier molecular flexibility index (Phi) is 4.39. The first-order chi connectivity index (χ1) is 13.0. The van der Waals surface area contributed by atoms with E-state index in [2.05, 4.69) is 15.4 Å². The molecule has 1 atom stereocenters. The summed E-state index contributed by atoms with van der Waals surface area (Å²) >= 11 is 0. The number of furan rings is 1. The summed E-state index contributed by atoms with van der Waals surface area (Å²) in [5.41, 5.74) is 2.28. The highest BCUT2D eigenvalue weighted by atomic mass is 16.3. The molecule has 0 aliphatic carbocycles. The Morgan fingerprint density at radius 2 is 2.22 bits per heavy atom. The molecule has 0 radical (unpaired) electrons. The van der Waals surface area contributed by atoms with E-state index in [-0.39, 0.29) is 17.7 Å². The summed E-state index contributed by atoms with van der Waals surface area (Å²) < 4.78 is 6.90. The van der Waals surface area contributed by atoms with Crippen molar-refractivity contribution in [3.8, 4) is 0 Å². The van der Waals surface area contributed by atoms with Gasteiger partial charge in [0.2, 0.25) is 5.91 Å². The van der Waals surface area contributed by atoms with Crippen LogP contribution in [0.1, 0.15) is 29.1 Å². The van der Waals surface area contributed by atoms with Gasteiger partial charge >= 0.3 is 0 Å². The van der Waals surface area contributed by atoms with E-state index in [0.717, 1.165) is 29.6 Å². The minimum atomic E-state index is -0.261. The second-order valence-electron chi connectivity index (χ2n) is 6.86. The van der Waals surface area contributed by atoms with E-state index in [1.165, 1.54) is 6.26 Å². The van der Waals surface area contributed by atoms with Gasteiger partial charge in [-0.05, 0) is 38.0 Å². The molecule has 3 aromatic heterocycles. The summed E-state index contributed by atoms with van der Waals surface area (Å²) in [4.78, 5) is 31.2. The van der Waals surface area contributed by atoms with Crippen molar-refractivity contribution in [2.24, 2.45) is 13.0 Å². The number of aryl methyl sites for hydroxylation is 2. The van der Waals surface area contributed by atoms with Crippen molar-refractivity contribution < 1.29 is 14.0 Å². The maximum Gasteiger partial charge on any atom is 0.289 e. The van der Waals surface area contributed by atoms with Crippen LogP contribution >= 0.6 is 0 Å². The number of aromatic nitrogens is 3. The quantitative estimate of drug-likeness (QED) is 0.767. The fraction of sp³-hybridized carbons (Fsp3) is 0.368. The number of amides is 2. The summed E-state index contributed by atoms with van der Waals surface area (Å²) in [6, 6.07) is 5.21. The van der Waals surface area contributed by atoms with Gasteiger partial charge in [0.25, 0.3) is 5.91 Å². The van der Waals surface area contributed by atoms with E-state index in [9.17, 15) is 9.59 Å². The second kappa shape index (κ2) is 6.86. The average Bonchev–Trinajstić information content (AvgIpc) is 3.30. The number of rotatable bonds is 3. The van der Waals surface area contributed by atoms with Crippen molar-refractivity contribution in [3.63, 3.8) is 0 Å². The molecule has 0 saturated carbocycles. The highest BCUT2D eigenvalue weighted by molar-refractivity contribution is 5.96. The summed E-state index contributed by atoms with van der Waals surface area (Å²) in [5, 5.41) is 8.19. The molecule has 4 heterocycles. The number of piperidine rings is 1. The molecule has 27 heavy (non-hydrogen) atoms. The fourth-order valence-electron chi connectivity index (χ4n) is 3.55. The van der Waals surface area contributed by atoms with Crippen LogP contribution in [0.4, 0.5) is 5.69 Å². The van der Waals surface area contributed by atoms with Gasteiger partial charge in [-0.15, -0.1) is 0 Å². The van der Waals surface area contributed by atoms with Crippen LogP contribution in [0.2, 0.25) is 0 Å². The zero-order chi connectivity index (χ0) is 19.0. The Hall–Kier alpha value is -3.16. The van der Waals surface area contributed by atoms with Crippen molar-refractivity contribution >= 4 is 28.5 Å². The van der Waals surface area contributed by atoms with E-state index in [1.54, 1.807) is 27.9 Å². The average molecular weight is 367 g/mol. The number of carbonyl (C=O) groups excluding carboxylic acids is 2. The maximum atomic E-state index is 12.7. The predicted molar refractivity (Wildman–Crippen MR) is 99.2 cm³/mol. The molecule has 0 bridgehead atoms. The molecule has 8 heteroatoms. The lowest BCUT2D eigenvalue weighted by Gasteiger charge is -2.31. The van der Waals surface area contributed by atoms with Crippen LogP contribution in [0.5, 0.6) is 0 Å². The number of hydrogen-bond acceptors (Lipinski definition) is 5. The smallest absolute Gasteiger partial charge is 0.289 e. The Labute approximate surface area is 156 Å². The van der Waals surface area contributed by atoms with Crippen LogP contribution in [-0.4, -0.2) is 44.6 Å². The molecular formula is C19H21N5O3. The summed E-state index contributed by atoms with van der Waals surface area (Å²) in [6.45, 7) is 2.92. The number of fused-ring (bicyclic) bond motifs is 1. The lowest BCUT2D eigenvalue weighted by atomic mass is 9.96. The highest BCUT2D eigenvalue weighted by Crippen LogP contribution is 2.23. The Morgan fingerprint density at radius 3 is 3.00 bits per heavy atom.